The number of phenols is 1. The number of likely N-dealkylation sites (N-methyl/N-ethyl adjacent to an activating group) is 2. The van der Waals surface area contributed by atoms with Gasteiger partial charge in [-0.2, -0.15) is 0 Å². The maximum atomic E-state index is 14.2. The molecule has 2 aromatic rings. The van der Waals surface area contributed by atoms with Crippen LogP contribution in [0.2, 0.25) is 0 Å². The maximum Gasteiger partial charge on any atom is 0.250 e. The van der Waals surface area contributed by atoms with Gasteiger partial charge in [0, 0.05) is 42.8 Å². The van der Waals surface area contributed by atoms with E-state index in [1.807, 2.05) is 18.2 Å². The number of phenolic OH excluding ortho intramolecular Hbond substituents is 1. The van der Waals surface area contributed by atoms with Crippen molar-refractivity contribution in [1.29, 1.82) is 0 Å². The number of ketones is 1. The third-order valence-corrected chi connectivity index (χ3v) is 9.86. The molecule has 1 unspecified atom stereocenters. The van der Waals surface area contributed by atoms with E-state index in [1.165, 1.54) is 19.8 Å². The number of fused-ring (bicyclic) bond motifs is 3. The zero-order valence-electron chi connectivity index (χ0n) is 26.4. The summed E-state index contributed by atoms with van der Waals surface area (Å²) in [5.74, 6) is -3.67. The van der Waals surface area contributed by atoms with Crippen LogP contribution in [0.15, 0.2) is 59.1 Å². The van der Waals surface area contributed by atoms with Crippen LogP contribution in [0.1, 0.15) is 40.4 Å². The molecule has 6 N–H and O–H groups in total. The maximum absolute atomic E-state index is 14.2. The zero-order chi connectivity index (χ0) is 32.8. The lowest BCUT2D eigenvalue weighted by molar-refractivity contribution is -0.159. The van der Waals surface area contributed by atoms with E-state index < -0.39 is 58.4 Å². The second-order valence-electron chi connectivity index (χ2n) is 12.4. The van der Waals surface area contributed by atoms with E-state index in [0.29, 0.717) is 17.9 Å². The summed E-state index contributed by atoms with van der Waals surface area (Å²) < 4.78 is 11.7. The van der Waals surface area contributed by atoms with Gasteiger partial charge in [0.25, 0.3) is 5.91 Å². The predicted octanol–water partition coefficient (Wildman–Crippen LogP) is 2.64. The van der Waals surface area contributed by atoms with Crippen LogP contribution in [0.3, 0.4) is 0 Å². The second kappa shape index (κ2) is 12.5. The van der Waals surface area contributed by atoms with Gasteiger partial charge < -0.3 is 35.6 Å². The SMILES string of the molecule is CCN(CCc1ccccc1)Cc1cc(O)c2c(c1OC)C[C@H]1C[C@H]3[C@H](N(C)C)C(O)=C(C(N)=O)C(O)[C@@]3(OC)C(O)=C1C2=O. The Morgan fingerprint density at radius 3 is 2.40 bits per heavy atom. The van der Waals surface area contributed by atoms with Crippen molar-refractivity contribution in [2.24, 2.45) is 17.6 Å². The molecule has 0 aromatic heterocycles. The minimum Gasteiger partial charge on any atom is -0.510 e. The minimum absolute atomic E-state index is 0.00878. The fourth-order valence-corrected chi connectivity index (χ4v) is 7.77. The molecule has 1 amide bonds. The summed E-state index contributed by atoms with van der Waals surface area (Å²) in [5.41, 5.74) is 5.65. The topological polar surface area (TPSA) is 166 Å². The number of benzene rings is 2. The number of amides is 1. The average Bonchev–Trinajstić information content (AvgIpc) is 2.99. The van der Waals surface area contributed by atoms with Crippen LogP contribution >= 0.6 is 0 Å². The monoisotopic (exact) mass is 621 g/mol. The summed E-state index contributed by atoms with van der Waals surface area (Å²) in [5, 5.41) is 45.7. The largest absolute Gasteiger partial charge is 0.510 e. The first-order valence-electron chi connectivity index (χ1n) is 15.2. The van der Waals surface area contributed by atoms with Gasteiger partial charge in [-0.1, -0.05) is 37.3 Å². The van der Waals surface area contributed by atoms with Crippen LogP contribution in [-0.4, -0.2) is 101 Å². The highest BCUT2D eigenvalue weighted by atomic mass is 16.5. The van der Waals surface area contributed by atoms with Crippen molar-refractivity contribution in [1.82, 2.24) is 9.80 Å². The van der Waals surface area contributed by atoms with Gasteiger partial charge in [-0.05, 0) is 57.5 Å². The molecule has 0 heterocycles. The number of aromatic hydroxyl groups is 1. The highest BCUT2D eigenvalue weighted by molar-refractivity contribution is 6.14. The first-order chi connectivity index (χ1) is 21.4. The number of methoxy groups -OCH3 is 2. The number of hydrogen-bond acceptors (Lipinski definition) is 10. The third-order valence-electron chi connectivity index (χ3n) is 9.86. The molecule has 3 aliphatic carbocycles. The van der Waals surface area contributed by atoms with E-state index in [9.17, 15) is 30.0 Å². The number of ether oxygens (including phenoxy) is 2. The quantitative estimate of drug-likeness (QED) is 0.266. The molecule has 3 aliphatic rings. The Hall–Kier alpha value is -3.90. The number of aliphatic hydroxyl groups is 3. The Balaban J connectivity index is 1.58. The lowest BCUT2D eigenvalue weighted by atomic mass is 9.58. The Labute approximate surface area is 263 Å². The number of carbonyl (C=O) groups is 2. The van der Waals surface area contributed by atoms with Crippen molar-refractivity contribution in [2.75, 3.05) is 41.4 Å². The van der Waals surface area contributed by atoms with Crippen molar-refractivity contribution in [3.05, 3.63) is 81.3 Å². The molecule has 0 saturated heterocycles. The van der Waals surface area contributed by atoms with Crippen molar-refractivity contribution in [3.63, 3.8) is 0 Å². The van der Waals surface area contributed by atoms with Gasteiger partial charge in [0.05, 0.1) is 24.3 Å². The van der Waals surface area contributed by atoms with E-state index in [-0.39, 0.29) is 29.7 Å². The molecule has 11 nitrogen and oxygen atoms in total. The number of Topliss-reactive ketones (excluding diaryl/α,β-unsaturated/α-hetero) is 1. The summed E-state index contributed by atoms with van der Waals surface area (Å²) in [6.07, 6.45) is -0.533. The molecule has 2 aromatic carbocycles. The van der Waals surface area contributed by atoms with E-state index in [1.54, 1.807) is 25.1 Å². The summed E-state index contributed by atoms with van der Waals surface area (Å²) in [4.78, 5) is 30.5. The van der Waals surface area contributed by atoms with Crippen LogP contribution in [0.5, 0.6) is 11.5 Å². The fraction of sp³-hybridized carbons (Fsp3) is 0.471. The Kier molecular flexibility index (Phi) is 9.01. The molecule has 0 aliphatic heterocycles. The van der Waals surface area contributed by atoms with Crippen molar-refractivity contribution in [3.8, 4) is 11.5 Å². The number of hydrogen-bond donors (Lipinski definition) is 5. The number of carbonyl (C=O) groups excluding carboxylic acids is 2. The Morgan fingerprint density at radius 2 is 1.82 bits per heavy atom. The first-order valence-corrected chi connectivity index (χ1v) is 15.2. The number of allylic oxidation sites excluding steroid dienone is 1. The van der Waals surface area contributed by atoms with Crippen LogP contribution in [-0.2, 0) is 28.9 Å². The number of nitrogens with two attached hydrogens (primary N) is 1. The number of rotatable bonds is 10. The summed E-state index contributed by atoms with van der Waals surface area (Å²) in [7, 11) is 6.19. The van der Waals surface area contributed by atoms with Gasteiger partial charge in [0.2, 0.25) is 0 Å². The molecule has 5 atom stereocenters. The smallest absolute Gasteiger partial charge is 0.250 e. The summed E-state index contributed by atoms with van der Waals surface area (Å²) >= 11 is 0. The standard InChI is InChI=1S/C34H43N3O8/c1-6-37(13-12-18-10-8-7-9-11-18)17-20-16-23(38)25-21(30(20)44-4)14-19-15-22-27(36(2)3)29(40)26(33(35)43)32(42)34(22,45-5)31(41)24(19)28(25)39/h7-11,16,19,22,27,32,38,40-42H,6,12-15,17H2,1-5H3,(H2,35,43)/t19-,22-,27-,32?,34-/m0/s1. The molecule has 0 bridgehead atoms. The molecule has 0 radical (unpaired) electrons. The van der Waals surface area contributed by atoms with Gasteiger partial charge in [-0.25, -0.2) is 0 Å². The Morgan fingerprint density at radius 1 is 1.13 bits per heavy atom. The van der Waals surface area contributed by atoms with Gasteiger partial charge >= 0.3 is 0 Å². The lowest BCUT2D eigenvalue weighted by Crippen LogP contribution is -2.66. The van der Waals surface area contributed by atoms with Gasteiger partial charge in [0.15, 0.2) is 11.4 Å². The number of primary amides is 1. The van der Waals surface area contributed by atoms with Crippen LogP contribution in [0.4, 0.5) is 0 Å². The second-order valence-corrected chi connectivity index (χ2v) is 12.4. The molecule has 0 saturated carbocycles. The zero-order valence-corrected chi connectivity index (χ0v) is 26.4. The van der Waals surface area contributed by atoms with Crippen molar-refractivity contribution in [2.45, 2.75) is 50.5 Å². The normalized spacial score (nSPS) is 26.2. The molecule has 242 valence electrons. The van der Waals surface area contributed by atoms with Gasteiger partial charge in [-0.15, -0.1) is 0 Å². The third kappa shape index (κ3) is 5.17. The Bertz CT molecular complexity index is 1550. The molecular weight excluding hydrogens is 578 g/mol. The van der Waals surface area contributed by atoms with E-state index in [2.05, 4.69) is 24.0 Å². The molecule has 0 fully saturated rings. The van der Waals surface area contributed by atoms with Crippen molar-refractivity contribution < 1.29 is 39.5 Å². The average molecular weight is 622 g/mol. The van der Waals surface area contributed by atoms with E-state index in [0.717, 1.165) is 25.1 Å². The molecule has 45 heavy (non-hydrogen) atoms. The summed E-state index contributed by atoms with van der Waals surface area (Å²) in [6, 6.07) is 10.9. The minimum atomic E-state index is -1.94. The molecular formula is C34H43N3O8. The summed E-state index contributed by atoms with van der Waals surface area (Å²) in [6.45, 7) is 4.09. The van der Waals surface area contributed by atoms with Gasteiger partial charge in [0.1, 0.15) is 29.1 Å². The van der Waals surface area contributed by atoms with Crippen molar-refractivity contribution >= 4 is 11.7 Å². The molecule has 5 rings (SSSR count). The lowest BCUT2D eigenvalue weighted by Gasteiger charge is -2.54. The highest BCUT2D eigenvalue weighted by Gasteiger charge is 2.64. The number of aliphatic hydroxyl groups excluding tert-OH is 3. The fourth-order valence-electron chi connectivity index (χ4n) is 7.77. The molecule has 11 heteroatoms. The van der Waals surface area contributed by atoms with E-state index in [4.69, 9.17) is 15.2 Å². The molecule has 0 spiro atoms. The van der Waals surface area contributed by atoms with Gasteiger partial charge in [-0.3, -0.25) is 19.4 Å². The first kappa shape index (κ1) is 32.5. The van der Waals surface area contributed by atoms with Crippen LogP contribution in [0.25, 0.3) is 0 Å². The van der Waals surface area contributed by atoms with E-state index >= 15 is 0 Å². The highest BCUT2D eigenvalue weighted by Crippen LogP contribution is 2.55. The van der Waals surface area contributed by atoms with Crippen LogP contribution in [0, 0.1) is 11.8 Å². The number of nitrogens with zero attached hydrogens (tertiary/aromatic N) is 2. The predicted molar refractivity (Wildman–Crippen MR) is 167 cm³/mol. The van der Waals surface area contributed by atoms with Crippen LogP contribution < -0.4 is 10.5 Å².